The summed E-state index contributed by atoms with van der Waals surface area (Å²) in [5.41, 5.74) is 6.03. The number of nitro groups is 1. The molecule has 0 fully saturated rings. The van der Waals surface area contributed by atoms with Crippen LogP contribution in [0.25, 0.3) is 0 Å². The standard InChI is InChI=1S/C16H11Cl2N5O3/c17-12-3-1-10(6-15(12)23(25)26)21-8-9(7-19)16(24)22-11-2-4-14(20)13(18)5-11/h1-6,8,21H,20H2,(H,22,24)/b9-8-. The Labute approximate surface area is 158 Å². The average Bonchev–Trinajstić information content (AvgIpc) is 2.59. The Morgan fingerprint density at radius 1 is 1.19 bits per heavy atom. The summed E-state index contributed by atoms with van der Waals surface area (Å²) in [5, 5.41) is 25.4. The van der Waals surface area contributed by atoms with Gasteiger partial charge in [0.2, 0.25) is 0 Å². The van der Waals surface area contributed by atoms with E-state index < -0.39 is 10.8 Å². The highest BCUT2D eigenvalue weighted by atomic mass is 35.5. The lowest BCUT2D eigenvalue weighted by molar-refractivity contribution is -0.384. The quantitative estimate of drug-likeness (QED) is 0.232. The summed E-state index contributed by atoms with van der Waals surface area (Å²) in [6.07, 6.45) is 1.13. The number of hydrogen-bond donors (Lipinski definition) is 3. The van der Waals surface area contributed by atoms with Crippen molar-refractivity contribution in [2.75, 3.05) is 16.4 Å². The van der Waals surface area contributed by atoms with Crippen molar-refractivity contribution in [2.24, 2.45) is 0 Å². The number of nitrogen functional groups attached to an aromatic ring is 1. The second-order valence-corrected chi connectivity index (χ2v) is 5.74. The van der Waals surface area contributed by atoms with Crippen molar-refractivity contribution >= 4 is 51.9 Å². The first-order chi connectivity index (χ1) is 12.3. The minimum Gasteiger partial charge on any atom is -0.398 e. The van der Waals surface area contributed by atoms with Crippen molar-refractivity contribution in [3.8, 4) is 6.07 Å². The summed E-state index contributed by atoms with van der Waals surface area (Å²) < 4.78 is 0. The van der Waals surface area contributed by atoms with Crippen molar-refractivity contribution < 1.29 is 9.72 Å². The van der Waals surface area contributed by atoms with E-state index in [-0.39, 0.29) is 27.0 Å². The number of nitrogens with one attached hydrogen (secondary N) is 2. The van der Waals surface area contributed by atoms with Crippen LogP contribution < -0.4 is 16.4 Å². The van der Waals surface area contributed by atoms with Gasteiger partial charge in [-0.15, -0.1) is 0 Å². The molecule has 132 valence electrons. The monoisotopic (exact) mass is 391 g/mol. The van der Waals surface area contributed by atoms with Gasteiger partial charge in [-0.2, -0.15) is 5.26 Å². The number of benzene rings is 2. The fourth-order valence-corrected chi connectivity index (χ4v) is 2.22. The molecule has 0 unspecified atom stereocenters. The first-order valence-electron chi connectivity index (χ1n) is 6.99. The van der Waals surface area contributed by atoms with Gasteiger partial charge in [-0.05, 0) is 30.3 Å². The second kappa shape index (κ2) is 8.20. The van der Waals surface area contributed by atoms with Gasteiger partial charge in [0.05, 0.1) is 15.6 Å². The van der Waals surface area contributed by atoms with Crippen LogP contribution >= 0.6 is 23.2 Å². The maximum atomic E-state index is 12.1. The van der Waals surface area contributed by atoms with Crippen LogP contribution in [-0.4, -0.2) is 10.8 Å². The number of carbonyl (C=O) groups is 1. The zero-order valence-electron chi connectivity index (χ0n) is 13.0. The Morgan fingerprint density at radius 2 is 1.88 bits per heavy atom. The molecule has 0 saturated heterocycles. The SMILES string of the molecule is N#C/C(=C/Nc1ccc(Cl)c([N+](=O)[O-])c1)C(=O)Nc1ccc(N)c(Cl)c1. The first kappa shape index (κ1) is 19.1. The number of anilines is 3. The summed E-state index contributed by atoms with van der Waals surface area (Å²) in [6.45, 7) is 0. The fourth-order valence-electron chi connectivity index (χ4n) is 1.85. The predicted octanol–water partition coefficient (Wildman–Crippen LogP) is 3.94. The number of hydrogen-bond acceptors (Lipinski definition) is 6. The van der Waals surface area contributed by atoms with E-state index in [2.05, 4.69) is 10.6 Å². The minimum absolute atomic E-state index is 0.0250. The third-order valence-electron chi connectivity index (χ3n) is 3.15. The summed E-state index contributed by atoms with van der Waals surface area (Å²) in [4.78, 5) is 22.4. The minimum atomic E-state index is -0.690. The second-order valence-electron chi connectivity index (χ2n) is 4.93. The van der Waals surface area contributed by atoms with Crippen molar-refractivity contribution in [3.63, 3.8) is 0 Å². The highest BCUT2D eigenvalue weighted by Crippen LogP contribution is 2.27. The molecule has 0 aliphatic carbocycles. The molecule has 0 saturated carbocycles. The largest absolute Gasteiger partial charge is 0.398 e. The van der Waals surface area contributed by atoms with E-state index in [1.54, 1.807) is 6.07 Å². The van der Waals surface area contributed by atoms with Gasteiger partial charge in [-0.1, -0.05) is 23.2 Å². The Kier molecular flexibility index (Phi) is 6.01. The van der Waals surface area contributed by atoms with Gasteiger partial charge in [0.1, 0.15) is 16.7 Å². The van der Waals surface area contributed by atoms with Crippen LogP contribution in [0, 0.1) is 21.4 Å². The van der Waals surface area contributed by atoms with E-state index in [4.69, 9.17) is 34.2 Å². The molecule has 0 aliphatic rings. The lowest BCUT2D eigenvalue weighted by atomic mass is 10.2. The normalized spacial score (nSPS) is 10.7. The zero-order valence-corrected chi connectivity index (χ0v) is 14.5. The molecular weight excluding hydrogens is 381 g/mol. The Morgan fingerprint density at radius 3 is 2.50 bits per heavy atom. The Hall–Kier alpha value is -3.28. The predicted molar refractivity (Wildman–Crippen MR) is 99.9 cm³/mol. The van der Waals surface area contributed by atoms with Gasteiger partial charge in [0, 0.05) is 23.6 Å². The molecule has 4 N–H and O–H groups in total. The maximum Gasteiger partial charge on any atom is 0.289 e. The molecule has 0 aromatic heterocycles. The molecule has 26 heavy (non-hydrogen) atoms. The molecule has 0 heterocycles. The smallest absolute Gasteiger partial charge is 0.289 e. The molecule has 0 aliphatic heterocycles. The summed E-state index contributed by atoms with van der Waals surface area (Å²) in [6, 6.07) is 10.2. The highest BCUT2D eigenvalue weighted by Gasteiger charge is 2.13. The van der Waals surface area contributed by atoms with Gasteiger partial charge in [0.25, 0.3) is 11.6 Å². The van der Waals surface area contributed by atoms with Crippen LogP contribution in [0.5, 0.6) is 0 Å². The lowest BCUT2D eigenvalue weighted by Crippen LogP contribution is -2.14. The number of carbonyl (C=O) groups excluding carboxylic acids is 1. The van der Waals surface area contributed by atoms with Crippen LogP contribution in [0.2, 0.25) is 10.0 Å². The molecule has 1 amide bonds. The molecule has 2 aromatic rings. The van der Waals surface area contributed by atoms with Gasteiger partial charge in [0.15, 0.2) is 0 Å². The highest BCUT2D eigenvalue weighted by molar-refractivity contribution is 6.33. The Balaban J connectivity index is 2.16. The third kappa shape index (κ3) is 4.63. The number of rotatable bonds is 5. The van der Waals surface area contributed by atoms with Crippen molar-refractivity contribution in [1.29, 1.82) is 5.26 Å². The molecule has 0 bridgehead atoms. The van der Waals surface area contributed by atoms with Crippen LogP contribution in [0.3, 0.4) is 0 Å². The summed E-state index contributed by atoms with van der Waals surface area (Å²) in [5.74, 6) is -0.690. The van der Waals surface area contributed by atoms with E-state index in [1.165, 1.54) is 36.4 Å². The molecule has 0 radical (unpaired) electrons. The third-order valence-corrected chi connectivity index (χ3v) is 3.80. The Bertz CT molecular complexity index is 953. The zero-order chi connectivity index (χ0) is 19.3. The number of amides is 1. The van der Waals surface area contributed by atoms with Gasteiger partial charge >= 0.3 is 0 Å². The number of nitro benzene ring substituents is 1. The van der Waals surface area contributed by atoms with Gasteiger partial charge in [-0.3, -0.25) is 14.9 Å². The van der Waals surface area contributed by atoms with E-state index in [9.17, 15) is 14.9 Å². The van der Waals surface area contributed by atoms with Crippen molar-refractivity contribution in [2.45, 2.75) is 0 Å². The molecule has 2 rings (SSSR count). The maximum absolute atomic E-state index is 12.1. The first-order valence-corrected chi connectivity index (χ1v) is 7.74. The average molecular weight is 392 g/mol. The molecule has 8 nitrogen and oxygen atoms in total. The van der Waals surface area contributed by atoms with E-state index in [0.29, 0.717) is 11.4 Å². The fraction of sp³-hybridized carbons (Fsp3) is 0. The van der Waals surface area contributed by atoms with E-state index >= 15 is 0 Å². The number of nitrogens with zero attached hydrogens (tertiary/aromatic N) is 2. The van der Waals surface area contributed by atoms with Crippen LogP contribution in [0.4, 0.5) is 22.7 Å². The van der Waals surface area contributed by atoms with Crippen molar-refractivity contribution in [1.82, 2.24) is 0 Å². The van der Waals surface area contributed by atoms with Gasteiger partial charge in [-0.25, -0.2) is 0 Å². The van der Waals surface area contributed by atoms with Crippen LogP contribution in [-0.2, 0) is 4.79 Å². The summed E-state index contributed by atoms with van der Waals surface area (Å²) in [7, 11) is 0. The lowest BCUT2D eigenvalue weighted by Gasteiger charge is -2.07. The number of nitriles is 1. The van der Waals surface area contributed by atoms with E-state index in [1.807, 2.05) is 0 Å². The molecule has 0 spiro atoms. The summed E-state index contributed by atoms with van der Waals surface area (Å²) >= 11 is 11.6. The van der Waals surface area contributed by atoms with Gasteiger partial charge < -0.3 is 16.4 Å². The topological polar surface area (TPSA) is 134 Å². The molecular formula is C16H11Cl2N5O3. The molecule has 0 atom stereocenters. The number of nitrogens with two attached hydrogens (primary N) is 1. The van der Waals surface area contributed by atoms with Crippen LogP contribution in [0.15, 0.2) is 48.2 Å². The van der Waals surface area contributed by atoms with Crippen molar-refractivity contribution in [3.05, 3.63) is 68.3 Å². The number of halogens is 2. The van der Waals surface area contributed by atoms with E-state index in [0.717, 1.165) is 6.20 Å². The molecule has 10 heteroatoms. The molecule has 2 aromatic carbocycles. The van der Waals surface area contributed by atoms with Crippen LogP contribution in [0.1, 0.15) is 0 Å².